The number of benzene rings is 2. The largest absolute Gasteiger partial charge is 0.508 e. The summed E-state index contributed by atoms with van der Waals surface area (Å²) in [5.74, 6) is -0.741. The van der Waals surface area contributed by atoms with E-state index in [1.807, 2.05) is 35.0 Å². The lowest BCUT2D eigenvalue weighted by molar-refractivity contribution is 0.0698. The number of rotatable bonds is 3. The van der Waals surface area contributed by atoms with E-state index in [4.69, 9.17) is 0 Å². The highest BCUT2D eigenvalue weighted by Crippen LogP contribution is 2.24. The number of aromatic carboxylic acids is 1. The maximum Gasteiger partial charge on any atom is 0.337 e. The van der Waals surface area contributed by atoms with Crippen molar-refractivity contribution < 1.29 is 15.0 Å². The first kappa shape index (κ1) is 12.3. The van der Waals surface area contributed by atoms with Crippen LogP contribution < -0.4 is 0 Å². The van der Waals surface area contributed by atoms with E-state index in [0.29, 0.717) is 12.1 Å². The third-order valence-electron chi connectivity index (χ3n) is 3.35. The zero-order chi connectivity index (χ0) is 14.1. The van der Waals surface area contributed by atoms with Crippen molar-refractivity contribution in [3.05, 3.63) is 65.9 Å². The predicted octanol–water partition coefficient (Wildman–Crippen LogP) is 3.09. The van der Waals surface area contributed by atoms with Gasteiger partial charge in [0.15, 0.2) is 0 Å². The molecule has 0 aliphatic rings. The maximum absolute atomic E-state index is 11.3. The van der Waals surface area contributed by atoms with Gasteiger partial charge >= 0.3 is 5.97 Å². The number of para-hydroxylation sites is 2. The lowest BCUT2D eigenvalue weighted by Crippen LogP contribution is -2.04. The number of aromatic nitrogens is 1. The van der Waals surface area contributed by atoms with Crippen LogP contribution in [0.1, 0.15) is 15.9 Å². The lowest BCUT2D eigenvalue weighted by Gasteiger charge is -2.09. The number of fused-ring (bicyclic) bond motifs is 1. The van der Waals surface area contributed by atoms with E-state index < -0.39 is 5.97 Å². The van der Waals surface area contributed by atoms with E-state index >= 15 is 0 Å². The van der Waals surface area contributed by atoms with Gasteiger partial charge in [0.2, 0.25) is 0 Å². The van der Waals surface area contributed by atoms with Gasteiger partial charge in [0, 0.05) is 17.1 Å². The van der Waals surface area contributed by atoms with Crippen LogP contribution in [0.25, 0.3) is 10.9 Å². The van der Waals surface area contributed by atoms with E-state index in [0.717, 1.165) is 10.9 Å². The van der Waals surface area contributed by atoms with Crippen molar-refractivity contribution in [3.8, 4) is 5.75 Å². The van der Waals surface area contributed by atoms with Crippen LogP contribution in [0.4, 0.5) is 0 Å². The highest BCUT2D eigenvalue weighted by atomic mass is 16.4. The molecule has 0 amide bonds. The van der Waals surface area contributed by atoms with Crippen molar-refractivity contribution in [2.75, 3.05) is 0 Å². The van der Waals surface area contributed by atoms with Crippen LogP contribution in [0, 0.1) is 0 Å². The Labute approximate surface area is 115 Å². The summed E-state index contributed by atoms with van der Waals surface area (Å²) in [5.41, 5.74) is 1.69. The minimum atomic E-state index is -0.951. The first-order valence-electron chi connectivity index (χ1n) is 6.25. The number of phenolic OH excluding ortho intramolecular Hbond substituents is 1. The van der Waals surface area contributed by atoms with Gasteiger partial charge in [-0.2, -0.15) is 0 Å². The summed E-state index contributed by atoms with van der Waals surface area (Å²) < 4.78 is 1.84. The van der Waals surface area contributed by atoms with Gasteiger partial charge < -0.3 is 14.8 Å². The Bertz CT molecular complexity index is 789. The number of phenols is 1. The predicted molar refractivity (Wildman–Crippen MR) is 76.1 cm³/mol. The molecule has 0 aliphatic carbocycles. The Morgan fingerprint density at radius 1 is 1.05 bits per heavy atom. The summed E-state index contributed by atoms with van der Waals surface area (Å²) in [7, 11) is 0. The fourth-order valence-corrected chi connectivity index (χ4v) is 2.39. The highest BCUT2D eigenvalue weighted by molar-refractivity contribution is 6.02. The Morgan fingerprint density at radius 2 is 1.85 bits per heavy atom. The maximum atomic E-state index is 11.3. The van der Waals surface area contributed by atoms with Gasteiger partial charge in [0.25, 0.3) is 0 Å². The molecule has 0 saturated heterocycles. The molecule has 3 aromatic rings. The van der Waals surface area contributed by atoms with Crippen LogP contribution in [-0.2, 0) is 6.54 Å². The molecule has 0 saturated carbocycles. The number of aromatic hydroxyl groups is 1. The Hall–Kier alpha value is -2.75. The highest BCUT2D eigenvalue weighted by Gasteiger charge is 2.12. The second kappa shape index (κ2) is 4.74. The molecular weight excluding hydrogens is 254 g/mol. The molecule has 20 heavy (non-hydrogen) atoms. The van der Waals surface area contributed by atoms with Crippen LogP contribution in [0.2, 0.25) is 0 Å². The number of carboxylic acid groups (broad SMARTS) is 1. The van der Waals surface area contributed by atoms with E-state index in [1.165, 1.54) is 0 Å². The van der Waals surface area contributed by atoms with Crippen LogP contribution >= 0.6 is 0 Å². The molecule has 0 atom stereocenters. The van der Waals surface area contributed by atoms with Gasteiger partial charge in [0.1, 0.15) is 5.75 Å². The first-order valence-corrected chi connectivity index (χ1v) is 6.25. The molecule has 1 heterocycles. The SMILES string of the molecule is O=C(O)c1cccc2ccn(Cc3ccccc3O)c12. The fourth-order valence-electron chi connectivity index (χ4n) is 2.39. The quantitative estimate of drug-likeness (QED) is 0.766. The molecule has 1 aromatic heterocycles. The van der Waals surface area contributed by atoms with Gasteiger partial charge in [-0.1, -0.05) is 30.3 Å². The Balaban J connectivity index is 2.13. The van der Waals surface area contributed by atoms with E-state index in [-0.39, 0.29) is 11.3 Å². The normalized spacial score (nSPS) is 10.8. The number of nitrogens with zero attached hydrogens (tertiary/aromatic N) is 1. The van der Waals surface area contributed by atoms with Crippen LogP contribution in [0.5, 0.6) is 5.75 Å². The number of hydrogen-bond acceptors (Lipinski definition) is 2. The van der Waals surface area contributed by atoms with E-state index in [2.05, 4.69) is 0 Å². The summed E-state index contributed by atoms with van der Waals surface area (Å²) in [5, 5.41) is 20.0. The molecular formula is C16H13NO3. The third kappa shape index (κ3) is 2.01. The van der Waals surface area contributed by atoms with E-state index in [1.54, 1.807) is 24.3 Å². The summed E-state index contributed by atoms with van der Waals surface area (Å²) in [6.45, 7) is 0.431. The van der Waals surface area contributed by atoms with Crippen LogP contribution in [-0.4, -0.2) is 20.7 Å². The van der Waals surface area contributed by atoms with Crippen molar-refractivity contribution in [1.82, 2.24) is 4.57 Å². The van der Waals surface area contributed by atoms with Crippen molar-refractivity contribution in [2.24, 2.45) is 0 Å². The Kier molecular flexibility index (Phi) is 2.91. The number of carbonyl (C=O) groups is 1. The summed E-state index contributed by atoms with van der Waals surface area (Å²) in [4.78, 5) is 11.3. The molecule has 3 rings (SSSR count). The van der Waals surface area contributed by atoms with Gasteiger partial charge in [-0.05, 0) is 18.2 Å². The van der Waals surface area contributed by atoms with E-state index in [9.17, 15) is 15.0 Å². The lowest BCUT2D eigenvalue weighted by atomic mass is 10.1. The second-order valence-corrected chi connectivity index (χ2v) is 4.62. The monoisotopic (exact) mass is 267 g/mol. The molecule has 2 aromatic carbocycles. The Morgan fingerprint density at radius 3 is 2.60 bits per heavy atom. The standard InChI is InChI=1S/C16H13NO3/c18-14-7-2-1-4-12(14)10-17-9-8-11-5-3-6-13(15(11)17)16(19)20/h1-9,18H,10H2,(H,19,20). The second-order valence-electron chi connectivity index (χ2n) is 4.62. The molecule has 4 heteroatoms. The molecule has 0 spiro atoms. The summed E-state index contributed by atoms with van der Waals surface area (Å²) in [6.07, 6.45) is 1.84. The first-order chi connectivity index (χ1) is 9.66. The summed E-state index contributed by atoms with van der Waals surface area (Å²) in [6, 6.07) is 14.1. The average Bonchev–Trinajstić information content (AvgIpc) is 2.84. The topological polar surface area (TPSA) is 62.5 Å². The number of carboxylic acids is 1. The van der Waals surface area contributed by atoms with Crippen LogP contribution in [0.15, 0.2) is 54.7 Å². The fraction of sp³-hybridized carbons (Fsp3) is 0.0625. The molecule has 0 radical (unpaired) electrons. The zero-order valence-electron chi connectivity index (χ0n) is 10.7. The molecule has 4 nitrogen and oxygen atoms in total. The minimum Gasteiger partial charge on any atom is -0.508 e. The smallest absolute Gasteiger partial charge is 0.337 e. The van der Waals surface area contributed by atoms with Crippen molar-refractivity contribution in [3.63, 3.8) is 0 Å². The van der Waals surface area contributed by atoms with Crippen molar-refractivity contribution in [1.29, 1.82) is 0 Å². The van der Waals surface area contributed by atoms with Gasteiger partial charge in [-0.15, -0.1) is 0 Å². The molecule has 0 aliphatic heterocycles. The molecule has 0 fully saturated rings. The zero-order valence-corrected chi connectivity index (χ0v) is 10.7. The molecule has 2 N–H and O–H groups in total. The average molecular weight is 267 g/mol. The molecule has 0 bridgehead atoms. The third-order valence-corrected chi connectivity index (χ3v) is 3.35. The van der Waals surface area contributed by atoms with Crippen LogP contribution in [0.3, 0.4) is 0 Å². The van der Waals surface area contributed by atoms with Gasteiger partial charge in [-0.25, -0.2) is 4.79 Å². The van der Waals surface area contributed by atoms with Crippen molar-refractivity contribution >= 4 is 16.9 Å². The molecule has 100 valence electrons. The number of hydrogen-bond donors (Lipinski definition) is 2. The summed E-state index contributed by atoms with van der Waals surface area (Å²) >= 11 is 0. The van der Waals surface area contributed by atoms with Crippen molar-refractivity contribution in [2.45, 2.75) is 6.54 Å². The minimum absolute atomic E-state index is 0.210. The molecule has 0 unspecified atom stereocenters. The van der Waals surface area contributed by atoms with Gasteiger partial charge in [-0.3, -0.25) is 0 Å². The van der Waals surface area contributed by atoms with Gasteiger partial charge in [0.05, 0.1) is 17.6 Å².